The SMILES string of the molecule is CCCCCCc1c(CC)cc2ccccc2c1S(=O)(=O)O. The predicted octanol–water partition coefficient (Wildman–Crippen LogP) is 4.77. The minimum absolute atomic E-state index is 0.110. The molecule has 0 aliphatic carbocycles. The number of unbranched alkanes of at least 4 members (excludes halogenated alkanes) is 3. The Morgan fingerprint density at radius 3 is 2.41 bits per heavy atom. The molecule has 0 atom stereocenters. The van der Waals surface area contributed by atoms with Crippen LogP contribution in [0.5, 0.6) is 0 Å². The van der Waals surface area contributed by atoms with Gasteiger partial charge in [-0.2, -0.15) is 8.42 Å². The van der Waals surface area contributed by atoms with E-state index in [4.69, 9.17) is 0 Å². The Hall–Kier alpha value is -1.39. The second-order valence-electron chi connectivity index (χ2n) is 5.70. The van der Waals surface area contributed by atoms with Crippen molar-refractivity contribution in [3.63, 3.8) is 0 Å². The molecule has 4 heteroatoms. The monoisotopic (exact) mass is 320 g/mol. The van der Waals surface area contributed by atoms with Crippen LogP contribution in [-0.2, 0) is 23.0 Å². The molecule has 0 aliphatic rings. The lowest BCUT2D eigenvalue weighted by Gasteiger charge is -2.15. The molecule has 1 N–H and O–H groups in total. The molecule has 0 saturated heterocycles. The molecule has 22 heavy (non-hydrogen) atoms. The molecule has 0 saturated carbocycles. The zero-order valence-electron chi connectivity index (χ0n) is 13.3. The van der Waals surface area contributed by atoms with Crippen LogP contribution in [-0.4, -0.2) is 13.0 Å². The molecular formula is C18H24O3S. The third-order valence-electron chi connectivity index (χ3n) is 4.12. The summed E-state index contributed by atoms with van der Waals surface area (Å²) in [5, 5.41) is 1.48. The standard InChI is InChI=1S/C18H24O3S/c1-3-5-6-7-11-16-14(4-2)13-15-10-8-9-12-17(15)18(16)22(19,20)21/h8-10,12-13H,3-7,11H2,1-2H3,(H,19,20,21). The second kappa shape index (κ2) is 7.25. The minimum atomic E-state index is -4.24. The average Bonchev–Trinajstić information content (AvgIpc) is 2.49. The summed E-state index contributed by atoms with van der Waals surface area (Å²) in [5.74, 6) is 0. The van der Waals surface area contributed by atoms with Crippen LogP contribution in [0.4, 0.5) is 0 Å². The van der Waals surface area contributed by atoms with E-state index in [0.717, 1.165) is 48.6 Å². The van der Waals surface area contributed by atoms with Crippen molar-refractivity contribution < 1.29 is 13.0 Å². The molecule has 2 rings (SSSR count). The van der Waals surface area contributed by atoms with Gasteiger partial charge < -0.3 is 0 Å². The number of fused-ring (bicyclic) bond motifs is 1. The number of benzene rings is 2. The normalized spacial score (nSPS) is 12.0. The molecule has 0 amide bonds. The van der Waals surface area contributed by atoms with E-state index in [1.165, 1.54) is 0 Å². The van der Waals surface area contributed by atoms with Crippen molar-refractivity contribution in [2.24, 2.45) is 0 Å². The van der Waals surface area contributed by atoms with Gasteiger partial charge in [0.1, 0.15) is 4.90 Å². The first kappa shape index (κ1) is 17.0. The zero-order valence-corrected chi connectivity index (χ0v) is 14.1. The van der Waals surface area contributed by atoms with Crippen molar-refractivity contribution in [3.8, 4) is 0 Å². The van der Waals surface area contributed by atoms with E-state index in [1.807, 2.05) is 25.1 Å². The van der Waals surface area contributed by atoms with Crippen LogP contribution in [0.1, 0.15) is 50.7 Å². The van der Waals surface area contributed by atoms with Gasteiger partial charge in [0.15, 0.2) is 0 Å². The zero-order chi connectivity index (χ0) is 16.2. The molecule has 0 aromatic heterocycles. The summed E-state index contributed by atoms with van der Waals surface area (Å²) in [7, 11) is -4.24. The van der Waals surface area contributed by atoms with E-state index in [-0.39, 0.29) is 4.90 Å². The summed E-state index contributed by atoms with van der Waals surface area (Å²) >= 11 is 0. The van der Waals surface area contributed by atoms with E-state index in [1.54, 1.807) is 6.07 Å². The molecule has 2 aromatic carbocycles. The number of hydrogen-bond acceptors (Lipinski definition) is 2. The van der Waals surface area contributed by atoms with Crippen LogP contribution in [0.15, 0.2) is 35.2 Å². The van der Waals surface area contributed by atoms with Gasteiger partial charge in [-0.1, -0.05) is 63.4 Å². The van der Waals surface area contributed by atoms with Crippen molar-refractivity contribution in [3.05, 3.63) is 41.5 Å². The third kappa shape index (κ3) is 3.68. The van der Waals surface area contributed by atoms with Gasteiger partial charge in [0, 0.05) is 5.39 Å². The van der Waals surface area contributed by atoms with Gasteiger partial charge in [0.25, 0.3) is 10.1 Å². The van der Waals surface area contributed by atoms with Crippen molar-refractivity contribution in [1.29, 1.82) is 0 Å². The van der Waals surface area contributed by atoms with E-state index in [0.29, 0.717) is 11.8 Å². The van der Waals surface area contributed by atoms with Crippen LogP contribution < -0.4 is 0 Å². The molecule has 0 spiro atoms. The first-order valence-corrected chi connectivity index (χ1v) is 9.44. The summed E-state index contributed by atoms with van der Waals surface area (Å²) in [6.45, 7) is 4.17. The molecule has 0 fully saturated rings. The molecule has 0 aliphatic heterocycles. The Labute approximate surface area is 133 Å². The van der Waals surface area contributed by atoms with Gasteiger partial charge in [0.2, 0.25) is 0 Å². The summed E-state index contributed by atoms with van der Waals surface area (Å²) in [6, 6.07) is 9.41. The Morgan fingerprint density at radius 1 is 1.05 bits per heavy atom. The molecular weight excluding hydrogens is 296 g/mol. The molecule has 2 aromatic rings. The highest BCUT2D eigenvalue weighted by atomic mass is 32.2. The minimum Gasteiger partial charge on any atom is -0.282 e. The second-order valence-corrected chi connectivity index (χ2v) is 7.06. The molecule has 0 bridgehead atoms. The van der Waals surface area contributed by atoms with Crippen LogP contribution in [0.25, 0.3) is 10.8 Å². The maximum Gasteiger partial charge on any atom is 0.295 e. The fourth-order valence-corrected chi connectivity index (χ4v) is 4.03. The van der Waals surface area contributed by atoms with Gasteiger partial charge in [-0.15, -0.1) is 0 Å². The van der Waals surface area contributed by atoms with E-state index < -0.39 is 10.1 Å². The summed E-state index contributed by atoms with van der Waals surface area (Å²) < 4.78 is 33.7. The summed E-state index contributed by atoms with van der Waals surface area (Å²) in [5.41, 5.74) is 1.81. The average molecular weight is 320 g/mol. The largest absolute Gasteiger partial charge is 0.295 e. The smallest absolute Gasteiger partial charge is 0.282 e. The highest BCUT2D eigenvalue weighted by Crippen LogP contribution is 2.31. The molecule has 3 nitrogen and oxygen atoms in total. The van der Waals surface area contributed by atoms with Gasteiger partial charge in [-0.3, -0.25) is 4.55 Å². The predicted molar refractivity (Wildman–Crippen MR) is 91.0 cm³/mol. The lowest BCUT2D eigenvalue weighted by Crippen LogP contribution is -2.08. The quantitative estimate of drug-likeness (QED) is 0.590. The van der Waals surface area contributed by atoms with Gasteiger partial charge in [-0.05, 0) is 35.8 Å². The van der Waals surface area contributed by atoms with E-state index in [9.17, 15) is 13.0 Å². The Balaban J connectivity index is 2.60. The number of hydrogen-bond donors (Lipinski definition) is 1. The van der Waals surface area contributed by atoms with Crippen molar-refractivity contribution in [2.45, 2.75) is 57.3 Å². The summed E-state index contributed by atoms with van der Waals surface area (Å²) in [6.07, 6.45) is 5.78. The van der Waals surface area contributed by atoms with Gasteiger partial charge in [-0.25, -0.2) is 0 Å². The van der Waals surface area contributed by atoms with Crippen LogP contribution in [0, 0.1) is 0 Å². The van der Waals surface area contributed by atoms with Crippen molar-refractivity contribution in [2.75, 3.05) is 0 Å². The first-order valence-electron chi connectivity index (χ1n) is 8.00. The fourth-order valence-electron chi connectivity index (χ4n) is 3.03. The highest BCUT2D eigenvalue weighted by Gasteiger charge is 2.21. The maximum atomic E-state index is 12.0. The fraction of sp³-hybridized carbons (Fsp3) is 0.444. The number of aryl methyl sites for hydroxylation is 1. The lowest BCUT2D eigenvalue weighted by molar-refractivity contribution is 0.482. The van der Waals surface area contributed by atoms with Crippen molar-refractivity contribution >= 4 is 20.9 Å². The Morgan fingerprint density at radius 2 is 1.77 bits per heavy atom. The number of rotatable bonds is 7. The van der Waals surface area contributed by atoms with Crippen LogP contribution in [0.2, 0.25) is 0 Å². The topological polar surface area (TPSA) is 54.4 Å². The Bertz CT molecular complexity index is 748. The maximum absolute atomic E-state index is 12.0. The lowest BCUT2D eigenvalue weighted by atomic mass is 9.95. The molecule has 0 heterocycles. The van der Waals surface area contributed by atoms with Crippen LogP contribution >= 0.6 is 0 Å². The van der Waals surface area contributed by atoms with Gasteiger partial charge >= 0.3 is 0 Å². The highest BCUT2D eigenvalue weighted by molar-refractivity contribution is 7.86. The van der Waals surface area contributed by atoms with E-state index >= 15 is 0 Å². The van der Waals surface area contributed by atoms with E-state index in [2.05, 4.69) is 13.0 Å². The Kier molecular flexibility index (Phi) is 5.59. The molecule has 0 unspecified atom stereocenters. The first-order chi connectivity index (χ1) is 10.5. The third-order valence-corrected chi connectivity index (χ3v) is 5.10. The molecule has 0 radical (unpaired) electrons. The molecule has 120 valence electrons. The van der Waals surface area contributed by atoms with Gasteiger partial charge in [0.05, 0.1) is 0 Å². The summed E-state index contributed by atoms with van der Waals surface area (Å²) in [4.78, 5) is 0.110. The van der Waals surface area contributed by atoms with Crippen molar-refractivity contribution in [1.82, 2.24) is 0 Å². The van der Waals surface area contributed by atoms with Crippen LogP contribution in [0.3, 0.4) is 0 Å².